The minimum atomic E-state index is -0.819. The van der Waals surface area contributed by atoms with Gasteiger partial charge in [-0.3, -0.25) is 4.79 Å². The van der Waals surface area contributed by atoms with Crippen molar-refractivity contribution in [1.82, 2.24) is 10.2 Å². The summed E-state index contributed by atoms with van der Waals surface area (Å²) in [7, 11) is 0. The van der Waals surface area contributed by atoms with Crippen LogP contribution in [0.5, 0.6) is 0 Å². The van der Waals surface area contributed by atoms with Crippen LogP contribution >= 0.6 is 0 Å². The molecule has 0 aromatic carbocycles. The summed E-state index contributed by atoms with van der Waals surface area (Å²) in [5.74, 6) is 0.632. The van der Waals surface area contributed by atoms with Crippen LogP contribution in [-0.2, 0) is 4.79 Å². The average molecular weight is 228 g/mol. The first kappa shape index (κ1) is 13.5. The third kappa shape index (κ3) is 3.46. The normalized spacial score (nSPS) is 25.8. The number of hydrogen-bond acceptors (Lipinski definition) is 3. The van der Waals surface area contributed by atoms with Crippen molar-refractivity contribution in [3.8, 4) is 0 Å². The molecule has 94 valence electrons. The maximum Gasteiger partial charge on any atom is 0.227 e. The van der Waals surface area contributed by atoms with E-state index in [1.807, 2.05) is 6.92 Å². The highest BCUT2D eigenvalue weighted by Gasteiger charge is 2.33. The largest absolute Gasteiger partial charge is 0.389 e. The summed E-state index contributed by atoms with van der Waals surface area (Å²) in [5, 5.41) is 13.0. The van der Waals surface area contributed by atoms with E-state index in [0.29, 0.717) is 19.0 Å². The lowest BCUT2D eigenvalue weighted by atomic mass is 9.96. The monoisotopic (exact) mass is 228 g/mol. The summed E-state index contributed by atoms with van der Waals surface area (Å²) in [6, 6.07) is 0. The van der Waals surface area contributed by atoms with E-state index in [2.05, 4.69) is 12.2 Å². The van der Waals surface area contributed by atoms with Crippen LogP contribution in [0.4, 0.5) is 0 Å². The molecular formula is C12H24N2O2. The number of rotatable bonds is 4. The summed E-state index contributed by atoms with van der Waals surface area (Å²) in [4.78, 5) is 14.0. The molecule has 1 fully saturated rings. The van der Waals surface area contributed by atoms with Gasteiger partial charge in [0.2, 0.25) is 5.91 Å². The Morgan fingerprint density at radius 1 is 1.50 bits per heavy atom. The van der Waals surface area contributed by atoms with Gasteiger partial charge in [-0.15, -0.1) is 0 Å². The molecule has 1 heterocycles. The molecule has 2 N–H and O–H groups in total. The van der Waals surface area contributed by atoms with Crippen molar-refractivity contribution in [2.45, 2.75) is 33.3 Å². The number of aliphatic hydroxyl groups is 1. The number of nitrogens with one attached hydrogen (secondary N) is 1. The zero-order valence-electron chi connectivity index (χ0n) is 10.8. The molecule has 0 radical (unpaired) electrons. The van der Waals surface area contributed by atoms with Crippen molar-refractivity contribution in [2.75, 3.05) is 26.2 Å². The summed E-state index contributed by atoms with van der Waals surface area (Å²) >= 11 is 0. The average Bonchev–Trinajstić information content (AvgIpc) is 2.58. The predicted molar refractivity (Wildman–Crippen MR) is 64.1 cm³/mol. The highest BCUT2D eigenvalue weighted by Crippen LogP contribution is 2.19. The van der Waals surface area contributed by atoms with E-state index < -0.39 is 5.60 Å². The fraction of sp³-hybridized carbons (Fsp3) is 0.917. The van der Waals surface area contributed by atoms with Crippen LogP contribution in [0.25, 0.3) is 0 Å². The quantitative estimate of drug-likeness (QED) is 0.735. The molecule has 0 bridgehead atoms. The molecule has 16 heavy (non-hydrogen) atoms. The van der Waals surface area contributed by atoms with Crippen molar-refractivity contribution in [3.05, 3.63) is 0 Å². The van der Waals surface area contributed by atoms with E-state index in [1.165, 1.54) is 0 Å². The summed E-state index contributed by atoms with van der Waals surface area (Å²) in [6.45, 7) is 10.3. The Morgan fingerprint density at radius 3 is 2.50 bits per heavy atom. The van der Waals surface area contributed by atoms with Gasteiger partial charge in [0.1, 0.15) is 0 Å². The standard InChI is InChI=1S/C12H24N2O2/c1-5-14(8-12(3,4)16)11(15)10-7-13-6-9(10)2/h9-10,13,16H,5-8H2,1-4H3/t9-,10-/m1/s1. The van der Waals surface area contributed by atoms with Crippen LogP contribution in [0.15, 0.2) is 0 Å². The molecule has 0 spiro atoms. The van der Waals surface area contributed by atoms with Crippen molar-refractivity contribution in [1.29, 1.82) is 0 Å². The van der Waals surface area contributed by atoms with Gasteiger partial charge >= 0.3 is 0 Å². The number of amides is 1. The molecule has 4 heteroatoms. The molecule has 0 aliphatic carbocycles. The number of carbonyl (C=O) groups excluding carboxylic acids is 1. The Hall–Kier alpha value is -0.610. The van der Waals surface area contributed by atoms with Gasteiger partial charge in [-0.25, -0.2) is 0 Å². The van der Waals surface area contributed by atoms with Crippen molar-refractivity contribution in [3.63, 3.8) is 0 Å². The molecule has 0 saturated carbocycles. The van der Waals surface area contributed by atoms with Crippen LogP contribution in [0.3, 0.4) is 0 Å². The first-order valence-corrected chi connectivity index (χ1v) is 6.07. The van der Waals surface area contributed by atoms with Crippen molar-refractivity contribution in [2.24, 2.45) is 11.8 Å². The van der Waals surface area contributed by atoms with Gasteiger partial charge in [-0.2, -0.15) is 0 Å². The second-order valence-electron chi connectivity index (χ2n) is 5.41. The van der Waals surface area contributed by atoms with E-state index in [9.17, 15) is 9.90 Å². The van der Waals surface area contributed by atoms with Gasteiger partial charge in [0.25, 0.3) is 0 Å². The zero-order valence-corrected chi connectivity index (χ0v) is 10.8. The molecule has 1 amide bonds. The Labute approximate surface area is 98.0 Å². The fourth-order valence-electron chi connectivity index (χ4n) is 2.19. The van der Waals surface area contributed by atoms with E-state index in [0.717, 1.165) is 13.1 Å². The summed E-state index contributed by atoms with van der Waals surface area (Å²) in [6.07, 6.45) is 0. The molecular weight excluding hydrogens is 204 g/mol. The van der Waals surface area contributed by atoms with E-state index in [4.69, 9.17) is 0 Å². The Morgan fingerprint density at radius 2 is 2.12 bits per heavy atom. The van der Waals surface area contributed by atoms with E-state index in [1.54, 1.807) is 18.7 Å². The molecule has 0 aromatic heterocycles. The highest BCUT2D eigenvalue weighted by molar-refractivity contribution is 5.79. The Bertz CT molecular complexity index is 248. The fourth-order valence-corrected chi connectivity index (χ4v) is 2.19. The van der Waals surface area contributed by atoms with Crippen LogP contribution < -0.4 is 5.32 Å². The zero-order chi connectivity index (χ0) is 12.3. The van der Waals surface area contributed by atoms with Gasteiger partial charge < -0.3 is 15.3 Å². The SMILES string of the molecule is CCN(CC(C)(C)O)C(=O)[C@@H]1CNC[C@H]1C. The lowest BCUT2D eigenvalue weighted by Crippen LogP contribution is -2.45. The number of likely N-dealkylation sites (N-methyl/N-ethyl adjacent to an activating group) is 1. The Kier molecular flexibility index (Phi) is 4.33. The molecule has 0 unspecified atom stereocenters. The molecule has 4 nitrogen and oxygen atoms in total. The van der Waals surface area contributed by atoms with Crippen LogP contribution in [0.2, 0.25) is 0 Å². The third-order valence-electron chi connectivity index (χ3n) is 3.11. The van der Waals surface area contributed by atoms with Crippen molar-refractivity contribution < 1.29 is 9.90 Å². The molecule has 1 aliphatic rings. The second kappa shape index (κ2) is 5.15. The lowest BCUT2D eigenvalue weighted by molar-refractivity contribution is -0.138. The van der Waals surface area contributed by atoms with Gasteiger partial charge in [0.15, 0.2) is 0 Å². The van der Waals surface area contributed by atoms with Gasteiger partial charge in [-0.1, -0.05) is 6.92 Å². The number of hydrogen-bond donors (Lipinski definition) is 2. The smallest absolute Gasteiger partial charge is 0.227 e. The molecule has 2 atom stereocenters. The first-order valence-electron chi connectivity index (χ1n) is 6.07. The molecule has 1 aliphatic heterocycles. The molecule has 0 aromatic rings. The van der Waals surface area contributed by atoms with E-state index in [-0.39, 0.29) is 11.8 Å². The maximum atomic E-state index is 12.2. The van der Waals surface area contributed by atoms with Crippen LogP contribution in [-0.4, -0.2) is 47.7 Å². The van der Waals surface area contributed by atoms with Crippen LogP contribution in [0.1, 0.15) is 27.7 Å². The number of carbonyl (C=O) groups is 1. The topological polar surface area (TPSA) is 52.6 Å². The molecule has 1 rings (SSSR count). The number of nitrogens with zero attached hydrogens (tertiary/aromatic N) is 1. The van der Waals surface area contributed by atoms with E-state index >= 15 is 0 Å². The second-order valence-corrected chi connectivity index (χ2v) is 5.41. The summed E-state index contributed by atoms with van der Waals surface area (Å²) in [5.41, 5.74) is -0.819. The van der Waals surface area contributed by atoms with Gasteiger partial charge in [0, 0.05) is 19.6 Å². The van der Waals surface area contributed by atoms with Gasteiger partial charge in [0.05, 0.1) is 11.5 Å². The minimum Gasteiger partial charge on any atom is -0.389 e. The van der Waals surface area contributed by atoms with Crippen molar-refractivity contribution >= 4 is 5.91 Å². The third-order valence-corrected chi connectivity index (χ3v) is 3.11. The highest BCUT2D eigenvalue weighted by atomic mass is 16.3. The lowest BCUT2D eigenvalue weighted by Gasteiger charge is -2.31. The van der Waals surface area contributed by atoms with Crippen LogP contribution in [0, 0.1) is 11.8 Å². The Balaban J connectivity index is 2.62. The predicted octanol–water partition coefficient (Wildman–Crippen LogP) is 0.461. The maximum absolute atomic E-state index is 12.2. The minimum absolute atomic E-state index is 0.0716. The summed E-state index contributed by atoms with van der Waals surface area (Å²) < 4.78 is 0. The van der Waals surface area contributed by atoms with Gasteiger partial charge in [-0.05, 0) is 33.2 Å². The first-order chi connectivity index (χ1) is 7.35. The molecule has 1 saturated heterocycles.